The van der Waals surface area contributed by atoms with Crippen LogP contribution < -0.4 is 0 Å². The van der Waals surface area contributed by atoms with E-state index in [1.54, 1.807) is 0 Å². The quantitative estimate of drug-likeness (QED) is 0.0462. The minimum Gasteiger partial charge on any atom is -0.462 e. The van der Waals surface area contributed by atoms with Gasteiger partial charge in [-0.2, -0.15) is 0 Å². The number of aliphatic hydroxyl groups is 1. The maximum absolute atomic E-state index is 12.1. The molecule has 0 aromatic rings. The van der Waals surface area contributed by atoms with E-state index in [-0.39, 0.29) is 25.2 Å². The summed E-state index contributed by atoms with van der Waals surface area (Å²) in [4.78, 5) is 24.1. The van der Waals surface area contributed by atoms with Crippen LogP contribution in [0.2, 0.25) is 0 Å². The Balaban J connectivity index is 3.66. The highest BCUT2D eigenvalue weighted by atomic mass is 16.6. The Bertz CT molecular complexity index is 752. The van der Waals surface area contributed by atoms with Crippen molar-refractivity contribution in [2.45, 2.75) is 174 Å². The Hall–Kier alpha value is -2.14. The predicted octanol–water partition coefficient (Wildman–Crippen LogP) is 11.1. The number of aliphatic hydroxyl groups excluding tert-OH is 1. The van der Waals surface area contributed by atoms with E-state index in [0.717, 1.165) is 64.2 Å². The predicted molar refractivity (Wildman–Crippen MR) is 187 cm³/mol. The molecule has 1 atom stereocenters. The van der Waals surface area contributed by atoms with Gasteiger partial charge in [-0.15, -0.1) is 0 Å². The molecule has 0 unspecified atom stereocenters. The van der Waals surface area contributed by atoms with E-state index in [2.05, 4.69) is 62.5 Å². The van der Waals surface area contributed by atoms with Crippen molar-refractivity contribution in [3.05, 3.63) is 48.6 Å². The second kappa shape index (κ2) is 35.3. The number of rotatable bonds is 32. The molecule has 0 saturated heterocycles. The molecule has 0 fully saturated rings. The summed E-state index contributed by atoms with van der Waals surface area (Å²) in [5.74, 6) is -0.629. The van der Waals surface area contributed by atoms with Crippen LogP contribution >= 0.6 is 0 Å². The lowest BCUT2D eigenvalue weighted by molar-refractivity contribution is -0.161. The van der Waals surface area contributed by atoms with Crippen LogP contribution in [0.25, 0.3) is 0 Å². The van der Waals surface area contributed by atoms with Crippen LogP contribution in [0.1, 0.15) is 168 Å². The summed E-state index contributed by atoms with van der Waals surface area (Å²) in [5, 5.41) is 9.51. The number of hydrogen-bond donors (Lipinski definition) is 1. The van der Waals surface area contributed by atoms with E-state index in [0.29, 0.717) is 12.8 Å². The number of carbonyl (C=O) groups is 2. The molecule has 1 N–H and O–H groups in total. The Labute approximate surface area is 271 Å². The molecule has 0 aliphatic heterocycles. The zero-order chi connectivity index (χ0) is 32.2. The monoisotopic (exact) mass is 617 g/mol. The van der Waals surface area contributed by atoms with E-state index in [9.17, 15) is 14.7 Å². The molecule has 254 valence electrons. The summed E-state index contributed by atoms with van der Waals surface area (Å²) in [6, 6.07) is 0. The molecule has 0 aromatic heterocycles. The van der Waals surface area contributed by atoms with Crippen LogP contribution in [0.5, 0.6) is 0 Å². The first-order chi connectivity index (χ1) is 21.6. The zero-order valence-corrected chi connectivity index (χ0v) is 28.7. The van der Waals surface area contributed by atoms with Crippen LogP contribution in [0.4, 0.5) is 0 Å². The lowest BCUT2D eigenvalue weighted by Crippen LogP contribution is -2.28. The molecule has 0 heterocycles. The van der Waals surface area contributed by atoms with Gasteiger partial charge in [0.25, 0.3) is 0 Å². The average molecular weight is 617 g/mol. The van der Waals surface area contributed by atoms with Crippen molar-refractivity contribution in [1.82, 2.24) is 0 Å². The SMILES string of the molecule is CCCCC/C=C/C/C=C/C/C=C/C/C=C/CCCCCC(=O)OC[C@H](CO)OC(=O)CCCCCCCCCCCCC. The van der Waals surface area contributed by atoms with Gasteiger partial charge in [0.1, 0.15) is 6.61 Å². The van der Waals surface area contributed by atoms with Gasteiger partial charge in [-0.1, -0.05) is 146 Å². The van der Waals surface area contributed by atoms with E-state index in [1.165, 1.54) is 77.0 Å². The zero-order valence-electron chi connectivity index (χ0n) is 28.7. The summed E-state index contributed by atoms with van der Waals surface area (Å²) in [7, 11) is 0. The first-order valence-corrected chi connectivity index (χ1v) is 18.2. The molecule has 0 aliphatic carbocycles. The third-order valence-corrected chi connectivity index (χ3v) is 7.63. The van der Waals surface area contributed by atoms with Crippen LogP contribution in [-0.4, -0.2) is 36.4 Å². The standard InChI is InChI=1S/C39H68O5/c1-3-5-7-9-11-13-15-16-17-18-19-20-21-22-24-25-27-29-31-33-38(41)43-36-37(35-40)44-39(42)34-32-30-28-26-23-14-12-10-8-6-4-2/h11,13,16-17,19-20,22,24,37,40H,3-10,12,14-15,18,21,23,25-36H2,1-2H3/b13-11+,17-16+,20-19+,24-22+/t37-/m0/s1. The first-order valence-electron chi connectivity index (χ1n) is 18.2. The highest BCUT2D eigenvalue weighted by molar-refractivity contribution is 5.70. The molecule has 0 bridgehead atoms. The van der Waals surface area contributed by atoms with Gasteiger partial charge in [0.05, 0.1) is 6.61 Å². The summed E-state index contributed by atoms with van der Waals surface area (Å²) >= 11 is 0. The maximum atomic E-state index is 12.1. The second-order valence-corrected chi connectivity index (χ2v) is 12.0. The molecular formula is C39H68O5. The number of unbranched alkanes of at least 4 members (excludes halogenated alkanes) is 16. The first kappa shape index (κ1) is 41.9. The Morgan fingerprint density at radius 1 is 0.523 bits per heavy atom. The number of carbonyl (C=O) groups excluding carboxylic acids is 2. The number of ether oxygens (including phenoxy) is 2. The molecule has 0 aromatic carbocycles. The van der Waals surface area contributed by atoms with Gasteiger partial charge >= 0.3 is 11.9 Å². The molecule has 0 amide bonds. The van der Waals surface area contributed by atoms with Gasteiger partial charge in [-0.3, -0.25) is 9.59 Å². The van der Waals surface area contributed by atoms with Crippen LogP contribution in [0, 0.1) is 0 Å². The second-order valence-electron chi connectivity index (χ2n) is 12.0. The Morgan fingerprint density at radius 2 is 0.909 bits per heavy atom. The lowest BCUT2D eigenvalue weighted by atomic mass is 10.1. The summed E-state index contributed by atoms with van der Waals surface area (Å²) in [6.45, 7) is 4.06. The molecule has 0 saturated carbocycles. The fraction of sp³-hybridized carbons (Fsp3) is 0.744. The van der Waals surface area contributed by atoms with E-state index < -0.39 is 6.10 Å². The van der Waals surface area contributed by atoms with Crippen molar-refractivity contribution < 1.29 is 24.2 Å². The van der Waals surface area contributed by atoms with Crippen molar-refractivity contribution in [1.29, 1.82) is 0 Å². The van der Waals surface area contributed by atoms with Crippen LogP contribution in [0.3, 0.4) is 0 Å². The summed E-state index contributed by atoms with van der Waals surface area (Å²) in [5.41, 5.74) is 0. The largest absolute Gasteiger partial charge is 0.462 e. The topological polar surface area (TPSA) is 72.8 Å². The fourth-order valence-electron chi connectivity index (χ4n) is 4.83. The molecule has 0 spiro atoms. The van der Waals surface area contributed by atoms with Crippen molar-refractivity contribution in [2.24, 2.45) is 0 Å². The lowest BCUT2D eigenvalue weighted by Gasteiger charge is -2.15. The minimum absolute atomic E-state index is 0.0818. The molecule has 5 heteroatoms. The van der Waals surface area contributed by atoms with Crippen molar-refractivity contribution in [3.63, 3.8) is 0 Å². The van der Waals surface area contributed by atoms with Crippen LogP contribution in [0.15, 0.2) is 48.6 Å². The van der Waals surface area contributed by atoms with Crippen LogP contribution in [-0.2, 0) is 19.1 Å². The average Bonchev–Trinajstić information content (AvgIpc) is 3.02. The summed E-state index contributed by atoms with van der Waals surface area (Å²) < 4.78 is 10.5. The van der Waals surface area contributed by atoms with E-state index in [1.807, 2.05) is 0 Å². The van der Waals surface area contributed by atoms with E-state index >= 15 is 0 Å². The molecule has 0 radical (unpaired) electrons. The van der Waals surface area contributed by atoms with Gasteiger partial charge in [0, 0.05) is 12.8 Å². The highest BCUT2D eigenvalue weighted by Gasteiger charge is 2.16. The third kappa shape index (κ3) is 32.8. The molecular weight excluding hydrogens is 548 g/mol. The normalized spacial score (nSPS) is 12.7. The summed E-state index contributed by atoms with van der Waals surface area (Å²) in [6.07, 6.45) is 43.1. The Morgan fingerprint density at radius 3 is 1.41 bits per heavy atom. The van der Waals surface area contributed by atoms with Crippen molar-refractivity contribution in [2.75, 3.05) is 13.2 Å². The molecule has 44 heavy (non-hydrogen) atoms. The van der Waals surface area contributed by atoms with Crippen molar-refractivity contribution in [3.8, 4) is 0 Å². The van der Waals surface area contributed by atoms with Gasteiger partial charge in [0.2, 0.25) is 0 Å². The van der Waals surface area contributed by atoms with Gasteiger partial charge in [0.15, 0.2) is 6.10 Å². The fourth-order valence-corrected chi connectivity index (χ4v) is 4.83. The Kier molecular flexibility index (Phi) is 33.6. The number of esters is 2. The number of hydrogen-bond acceptors (Lipinski definition) is 5. The van der Waals surface area contributed by atoms with Gasteiger partial charge < -0.3 is 14.6 Å². The molecule has 0 aliphatic rings. The maximum Gasteiger partial charge on any atom is 0.306 e. The third-order valence-electron chi connectivity index (χ3n) is 7.63. The molecule has 0 rings (SSSR count). The smallest absolute Gasteiger partial charge is 0.306 e. The van der Waals surface area contributed by atoms with Gasteiger partial charge in [-0.05, 0) is 57.8 Å². The molecule has 5 nitrogen and oxygen atoms in total. The number of allylic oxidation sites excluding steroid dienone is 8. The van der Waals surface area contributed by atoms with Gasteiger partial charge in [-0.25, -0.2) is 0 Å². The minimum atomic E-state index is -0.781. The van der Waals surface area contributed by atoms with Crippen molar-refractivity contribution >= 4 is 11.9 Å². The van der Waals surface area contributed by atoms with E-state index in [4.69, 9.17) is 9.47 Å². The highest BCUT2D eigenvalue weighted by Crippen LogP contribution is 2.13.